The summed E-state index contributed by atoms with van der Waals surface area (Å²) in [6.07, 6.45) is 0. The van der Waals surface area contributed by atoms with Crippen molar-refractivity contribution < 1.29 is 4.74 Å². The summed E-state index contributed by atoms with van der Waals surface area (Å²) in [5, 5.41) is 0. The standard InChI is InChI=1S/C13H20O.C2H6/c1-6-14-12-8-7-11(9-10(12)2)13(3,4)5;1-2/h7-9H,6H2,1-5H3;1-2H3. The second-order valence-corrected chi connectivity index (χ2v) is 4.66. The van der Waals surface area contributed by atoms with Crippen molar-refractivity contribution >= 4 is 0 Å². The molecular weight excluding hydrogens is 196 g/mol. The van der Waals surface area contributed by atoms with Crippen LogP contribution in [0.3, 0.4) is 0 Å². The Hall–Kier alpha value is -0.980. The summed E-state index contributed by atoms with van der Waals surface area (Å²) in [4.78, 5) is 0. The third-order valence-electron chi connectivity index (χ3n) is 2.34. The predicted octanol–water partition coefficient (Wildman–Crippen LogP) is 4.72. The number of rotatable bonds is 2. The predicted molar refractivity (Wildman–Crippen MR) is 72.4 cm³/mol. The van der Waals surface area contributed by atoms with Gasteiger partial charge in [-0.05, 0) is 36.5 Å². The van der Waals surface area contributed by atoms with Gasteiger partial charge in [0.2, 0.25) is 0 Å². The van der Waals surface area contributed by atoms with Gasteiger partial charge in [0.1, 0.15) is 5.75 Å². The maximum absolute atomic E-state index is 5.50. The third kappa shape index (κ3) is 4.26. The fraction of sp³-hybridized carbons (Fsp3) is 0.600. The molecule has 0 spiro atoms. The monoisotopic (exact) mass is 222 g/mol. The molecule has 1 nitrogen and oxygen atoms in total. The second kappa shape index (κ2) is 6.57. The van der Waals surface area contributed by atoms with Crippen molar-refractivity contribution in [3.63, 3.8) is 0 Å². The molecule has 1 aromatic carbocycles. The van der Waals surface area contributed by atoms with Gasteiger partial charge < -0.3 is 4.74 Å². The Bertz CT molecular complexity index is 308. The lowest BCUT2D eigenvalue weighted by Crippen LogP contribution is -2.11. The van der Waals surface area contributed by atoms with Crippen LogP contribution in [-0.4, -0.2) is 6.61 Å². The zero-order valence-electron chi connectivity index (χ0n) is 11.8. The first-order chi connectivity index (χ1) is 7.45. The van der Waals surface area contributed by atoms with Gasteiger partial charge in [-0.3, -0.25) is 0 Å². The highest BCUT2D eigenvalue weighted by atomic mass is 16.5. The maximum atomic E-state index is 5.50. The van der Waals surface area contributed by atoms with Gasteiger partial charge in [-0.15, -0.1) is 0 Å². The van der Waals surface area contributed by atoms with Gasteiger partial charge in [-0.1, -0.05) is 46.8 Å². The second-order valence-electron chi connectivity index (χ2n) is 4.66. The van der Waals surface area contributed by atoms with Crippen LogP contribution in [0.4, 0.5) is 0 Å². The largest absolute Gasteiger partial charge is 0.494 e. The van der Waals surface area contributed by atoms with Crippen molar-refractivity contribution in [2.75, 3.05) is 6.61 Å². The molecular formula is C15H26O. The lowest BCUT2D eigenvalue weighted by molar-refractivity contribution is 0.337. The highest BCUT2D eigenvalue weighted by Gasteiger charge is 2.14. The van der Waals surface area contributed by atoms with Crippen LogP contribution >= 0.6 is 0 Å². The molecule has 0 atom stereocenters. The highest BCUT2D eigenvalue weighted by molar-refractivity contribution is 5.38. The minimum absolute atomic E-state index is 0.218. The lowest BCUT2D eigenvalue weighted by atomic mass is 9.86. The van der Waals surface area contributed by atoms with Crippen molar-refractivity contribution in [2.24, 2.45) is 0 Å². The van der Waals surface area contributed by atoms with Crippen LogP contribution < -0.4 is 4.74 Å². The van der Waals surface area contributed by atoms with E-state index in [1.165, 1.54) is 11.1 Å². The molecule has 0 unspecified atom stereocenters. The van der Waals surface area contributed by atoms with E-state index in [0.717, 1.165) is 12.4 Å². The van der Waals surface area contributed by atoms with E-state index in [1.807, 2.05) is 20.8 Å². The van der Waals surface area contributed by atoms with E-state index in [9.17, 15) is 0 Å². The molecule has 0 fully saturated rings. The molecule has 0 bridgehead atoms. The molecule has 0 radical (unpaired) electrons. The Morgan fingerprint density at radius 2 is 1.69 bits per heavy atom. The third-order valence-corrected chi connectivity index (χ3v) is 2.34. The van der Waals surface area contributed by atoms with E-state index in [-0.39, 0.29) is 5.41 Å². The van der Waals surface area contributed by atoms with Crippen LogP contribution in [0.1, 0.15) is 52.7 Å². The Morgan fingerprint density at radius 3 is 2.06 bits per heavy atom. The first-order valence-electron chi connectivity index (χ1n) is 6.19. The van der Waals surface area contributed by atoms with Crippen LogP contribution in [0.15, 0.2) is 18.2 Å². The molecule has 92 valence electrons. The van der Waals surface area contributed by atoms with Crippen molar-refractivity contribution in [2.45, 2.75) is 53.9 Å². The van der Waals surface area contributed by atoms with Crippen LogP contribution in [-0.2, 0) is 5.41 Å². The summed E-state index contributed by atoms with van der Waals surface area (Å²) in [6.45, 7) is 15.5. The zero-order chi connectivity index (χ0) is 12.8. The molecule has 0 amide bonds. The molecule has 1 aromatic rings. The molecule has 0 aliphatic rings. The first-order valence-corrected chi connectivity index (χ1v) is 6.19. The van der Waals surface area contributed by atoms with Crippen LogP contribution in [0.5, 0.6) is 5.75 Å². The average Bonchev–Trinajstić information content (AvgIpc) is 2.23. The number of hydrogen-bond acceptors (Lipinski definition) is 1. The topological polar surface area (TPSA) is 9.23 Å². The molecule has 16 heavy (non-hydrogen) atoms. The van der Waals surface area contributed by atoms with Gasteiger partial charge in [0.05, 0.1) is 6.61 Å². The quantitative estimate of drug-likeness (QED) is 0.703. The summed E-state index contributed by atoms with van der Waals surface area (Å²) in [6, 6.07) is 6.43. The van der Waals surface area contributed by atoms with Gasteiger partial charge >= 0.3 is 0 Å². The average molecular weight is 222 g/mol. The molecule has 0 heterocycles. The number of benzene rings is 1. The van der Waals surface area contributed by atoms with Crippen molar-refractivity contribution in [3.05, 3.63) is 29.3 Å². The Balaban J connectivity index is 0.00000106. The molecule has 0 aromatic heterocycles. The highest BCUT2D eigenvalue weighted by Crippen LogP contribution is 2.27. The minimum atomic E-state index is 0.218. The van der Waals surface area contributed by atoms with E-state index >= 15 is 0 Å². The Morgan fingerprint density at radius 1 is 1.12 bits per heavy atom. The molecule has 1 heteroatoms. The van der Waals surface area contributed by atoms with Gasteiger partial charge in [0.25, 0.3) is 0 Å². The fourth-order valence-corrected chi connectivity index (χ4v) is 1.43. The van der Waals surface area contributed by atoms with Gasteiger partial charge in [0.15, 0.2) is 0 Å². The summed E-state index contributed by atoms with van der Waals surface area (Å²) in [5.41, 5.74) is 2.80. The van der Waals surface area contributed by atoms with Crippen molar-refractivity contribution in [1.82, 2.24) is 0 Å². The fourth-order valence-electron chi connectivity index (χ4n) is 1.43. The zero-order valence-corrected chi connectivity index (χ0v) is 11.8. The first kappa shape index (κ1) is 15.0. The van der Waals surface area contributed by atoms with Crippen molar-refractivity contribution in [1.29, 1.82) is 0 Å². The normalized spacial score (nSPS) is 10.4. The van der Waals surface area contributed by atoms with Crippen LogP contribution in [0.2, 0.25) is 0 Å². The van der Waals surface area contributed by atoms with Gasteiger partial charge in [-0.25, -0.2) is 0 Å². The maximum Gasteiger partial charge on any atom is 0.122 e. The molecule has 0 aliphatic heterocycles. The van der Waals surface area contributed by atoms with E-state index < -0.39 is 0 Å². The molecule has 0 saturated heterocycles. The van der Waals surface area contributed by atoms with Gasteiger partial charge in [-0.2, -0.15) is 0 Å². The Labute approximate surface area is 101 Å². The van der Waals surface area contributed by atoms with E-state index in [4.69, 9.17) is 4.74 Å². The molecule has 1 rings (SSSR count). The molecule has 0 saturated carbocycles. The van der Waals surface area contributed by atoms with Crippen LogP contribution in [0, 0.1) is 6.92 Å². The van der Waals surface area contributed by atoms with Crippen LogP contribution in [0.25, 0.3) is 0 Å². The summed E-state index contributed by atoms with van der Waals surface area (Å²) < 4.78 is 5.50. The minimum Gasteiger partial charge on any atom is -0.494 e. The van der Waals surface area contributed by atoms with Crippen molar-refractivity contribution in [3.8, 4) is 5.75 Å². The SMILES string of the molecule is CC.CCOc1ccc(C(C)(C)C)cc1C. The summed E-state index contributed by atoms with van der Waals surface area (Å²) in [5.74, 6) is 1.00. The number of ether oxygens (including phenoxy) is 1. The number of aryl methyl sites for hydroxylation is 1. The molecule has 0 N–H and O–H groups in total. The molecule has 0 aliphatic carbocycles. The smallest absolute Gasteiger partial charge is 0.122 e. The Kier molecular flexibility index (Phi) is 6.17. The van der Waals surface area contributed by atoms with E-state index in [2.05, 4.69) is 45.9 Å². The summed E-state index contributed by atoms with van der Waals surface area (Å²) >= 11 is 0. The number of hydrogen-bond donors (Lipinski definition) is 0. The lowest BCUT2D eigenvalue weighted by Gasteiger charge is -2.20. The van der Waals surface area contributed by atoms with Gasteiger partial charge in [0, 0.05) is 0 Å². The van der Waals surface area contributed by atoms with E-state index in [1.54, 1.807) is 0 Å². The van der Waals surface area contributed by atoms with E-state index in [0.29, 0.717) is 0 Å². The summed E-state index contributed by atoms with van der Waals surface area (Å²) in [7, 11) is 0.